The van der Waals surface area contributed by atoms with E-state index in [9.17, 15) is 9.59 Å². The Morgan fingerprint density at radius 2 is 1.95 bits per heavy atom. The Balaban J connectivity index is 0.00000242. The minimum atomic E-state index is -0.290. The average Bonchev–Trinajstić information content (AvgIpc) is 2.91. The zero-order chi connectivity index (χ0) is 15.1. The highest BCUT2D eigenvalue weighted by molar-refractivity contribution is 6.04. The zero-order valence-electron chi connectivity index (χ0n) is 12.1. The fourth-order valence-corrected chi connectivity index (χ4v) is 1.93. The van der Waals surface area contributed by atoms with Crippen LogP contribution < -0.4 is 16.4 Å². The summed E-state index contributed by atoms with van der Waals surface area (Å²) in [5.41, 5.74) is 6.49. The lowest BCUT2D eigenvalue weighted by Crippen LogP contribution is -2.31. The molecule has 1 heterocycles. The van der Waals surface area contributed by atoms with Crippen LogP contribution in [0.4, 0.5) is 0 Å². The Bertz CT molecular complexity index is 628. The number of amides is 2. The van der Waals surface area contributed by atoms with Gasteiger partial charge in [-0.3, -0.25) is 14.7 Å². The lowest BCUT2D eigenvalue weighted by Gasteiger charge is -2.05. The van der Waals surface area contributed by atoms with Crippen molar-refractivity contribution in [2.24, 2.45) is 5.73 Å². The molecule has 0 radical (unpaired) electrons. The molecule has 2 rings (SSSR count). The molecule has 0 unspecified atom stereocenters. The van der Waals surface area contributed by atoms with Gasteiger partial charge in [-0.05, 0) is 19.0 Å². The van der Waals surface area contributed by atoms with Crippen molar-refractivity contribution < 1.29 is 9.59 Å². The minimum Gasteiger partial charge on any atom is -0.356 e. The van der Waals surface area contributed by atoms with Crippen LogP contribution in [0.25, 0.3) is 10.9 Å². The molecule has 0 saturated carbocycles. The summed E-state index contributed by atoms with van der Waals surface area (Å²) >= 11 is 0. The molecule has 1 aromatic heterocycles. The van der Waals surface area contributed by atoms with E-state index in [2.05, 4.69) is 20.8 Å². The fraction of sp³-hybridized carbons (Fsp3) is 0.357. The molecule has 120 valence electrons. The summed E-state index contributed by atoms with van der Waals surface area (Å²) in [6.07, 6.45) is 0.982. The van der Waals surface area contributed by atoms with Crippen LogP contribution in [-0.4, -0.2) is 41.6 Å². The average molecular weight is 326 g/mol. The van der Waals surface area contributed by atoms with Gasteiger partial charge in [0.05, 0.1) is 5.52 Å². The molecular weight excluding hydrogens is 306 g/mol. The molecule has 1 aromatic carbocycles. The first-order valence-corrected chi connectivity index (χ1v) is 6.90. The summed E-state index contributed by atoms with van der Waals surface area (Å²) in [7, 11) is 0. The molecule has 0 aliphatic rings. The first-order valence-electron chi connectivity index (χ1n) is 6.90. The van der Waals surface area contributed by atoms with Gasteiger partial charge in [0.15, 0.2) is 5.69 Å². The van der Waals surface area contributed by atoms with Crippen LogP contribution in [0.1, 0.15) is 23.3 Å². The van der Waals surface area contributed by atoms with E-state index in [0.717, 1.165) is 17.3 Å². The Morgan fingerprint density at radius 1 is 1.18 bits per heavy atom. The van der Waals surface area contributed by atoms with Gasteiger partial charge < -0.3 is 16.4 Å². The molecule has 0 bridgehead atoms. The highest BCUT2D eigenvalue weighted by Gasteiger charge is 2.13. The van der Waals surface area contributed by atoms with Crippen LogP contribution in [-0.2, 0) is 4.79 Å². The normalized spacial score (nSPS) is 10.0. The van der Waals surface area contributed by atoms with Crippen molar-refractivity contribution in [2.45, 2.75) is 12.8 Å². The van der Waals surface area contributed by atoms with E-state index < -0.39 is 0 Å². The Hall–Kier alpha value is -2.12. The number of aromatic amines is 1. The number of nitrogens with two attached hydrogens (primary N) is 1. The predicted octanol–water partition coefficient (Wildman–Crippen LogP) is 0.570. The monoisotopic (exact) mass is 325 g/mol. The number of para-hydroxylation sites is 1. The van der Waals surface area contributed by atoms with Crippen LogP contribution in [0.2, 0.25) is 0 Å². The van der Waals surface area contributed by atoms with Gasteiger partial charge in [-0.2, -0.15) is 5.10 Å². The van der Waals surface area contributed by atoms with E-state index in [1.807, 2.05) is 24.3 Å². The van der Waals surface area contributed by atoms with Crippen molar-refractivity contribution in [3.05, 3.63) is 30.0 Å². The second-order valence-electron chi connectivity index (χ2n) is 4.62. The second kappa shape index (κ2) is 9.01. The number of nitrogens with one attached hydrogen (secondary N) is 3. The van der Waals surface area contributed by atoms with E-state index in [1.54, 1.807) is 0 Å². The number of hydrogen-bond donors (Lipinski definition) is 4. The summed E-state index contributed by atoms with van der Waals surface area (Å²) in [5.74, 6) is -0.391. The SMILES string of the molecule is Cl.NCCCNC(=O)CCNC(=O)c1n[nH]c2ccccc12. The second-order valence-corrected chi connectivity index (χ2v) is 4.62. The number of fused-ring (bicyclic) bond motifs is 1. The summed E-state index contributed by atoms with van der Waals surface area (Å²) in [5, 5.41) is 13.0. The van der Waals surface area contributed by atoms with Gasteiger partial charge in [0, 0.05) is 24.9 Å². The molecule has 0 fully saturated rings. The number of H-pyrrole nitrogens is 1. The Morgan fingerprint density at radius 3 is 2.73 bits per heavy atom. The molecule has 22 heavy (non-hydrogen) atoms. The van der Waals surface area contributed by atoms with Crippen molar-refractivity contribution in [2.75, 3.05) is 19.6 Å². The van der Waals surface area contributed by atoms with Gasteiger partial charge in [0.25, 0.3) is 5.91 Å². The molecule has 0 atom stereocenters. The van der Waals surface area contributed by atoms with Crippen LogP contribution >= 0.6 is 12.4 Å². The topological polar surface area (TPSA) is 113 Å². The molecule has 7 nitrogen and oxygen atoms in total. The largest absolute Gasteiger partial charge is 0.356 e. The van der Waals surface area contributed by atoms with Gasteiger partial charge in [-0.25, -0.2) is 0 Å². The maximum atomic E-state index is 12.0. The van der Waals surface area contributed by atoms with Crippen LogP contribution in [0, 0.1) is 0 Å². The predicted molar refractivity (Wildman–Crippen MR) is 87.0 cm³/mol. The maximum absolute atomic E-state index is 12.0. The molecular formula is C14H20ClN5O2. The van der Waals surface area contributed by atoms with Crippen LogP contribution in [0.15, 0.2) is 24.3 Å². The van der Waals surface area contributed by atoms with Crippen molar-refractivity contribution >= 4 is 35.1 Å². The molecule has 2 aromatic rings. The van der Waals surface area contributed by atoms with Crippen LogP contribution in [0.5, 0.6) is 0 Å². The van der Waals surface area contributed by atoms with Gasteiger partial charge in [-0.15, -0.1) is 12.4 Å². The molecule has 0 aliphatic carbocycles. The lowest BCUT2D eigenvalue weighted by molar-refractivity contribution is -0.120. The standard InChI is InChI=1S/C14H19N5O2.ClH/c15-7-3-8-16-12(20)6-9-17-14(21)13-10-4-1-2-5-11(10)18-19-13;/h1-2,4-5H,3,6-9,15H2,(H,16,20)(H,17,21)(H,18,19);1H. The number of nitrogens with zero attached hydrogens (tertiary/aromatic N) is 1. The third-order valence-electron chi connectivity index (χ3n) is 3.03. The number of hydrogen-bond acceptors (Lipinski definition) is 4. The third-order valence-corrected chi connectivity index (χ3v) is 3.03. The summed E-state index contributed by atoms with van der Waals surface area (Å²) < 4.78 is 0. The van der Waals surface area contributed by atoms with E-state index in [4.69, 9.17) is 5.73 Å². The molecule has 0 aliphatic heterocycles. The molecule has 0 saturated heterocycles. The number of benzene rings is 1. The van der Waals surface area contributed by atoms with Gasteiger partial charge in [0.2, 0.25) is 5.91 Å². The summed E-state index contributed by atoms with van der Waals surface area (Å²) in [4.78, 5) is 23.5. The summed E-state index contributed by atoms with van der Waals surface area (Å²) in [6.45, 7) is 1.38. The first kappa shape index (κ1) is 17.9. The molecule has 5 N–H and O–H groups in total. The van der Waals surface area contributed by atoms with Gasteiger partial charge in [0.1, 0.15) is 0 Å². The van der Waals surface area contributed by atoms with E-state index >= 15 is 0 Å². The molecule has 0 spiro atoms. The van der Waals surface area contributed by atoms with E-state index in [-0.39, 0.29) is 37.2 Å². The highest BCUT2D eigenvalue weighted by Crippen LogP contribution is 2.14. The van der Waals surface area contributed by atoms with Crippen molar-refractivity contribution in [3.8, 4) is 0 Å². The van der Waals surface area contributed by atoms with E-state index in [0.29, 0.717) is 18.8 Å². The van der Waals surface area contributed by atoms with Crippen molar-refractivity contribution in [1.82, 2.24) is 20.8 Å². The zero-order valence-corrected chi connectivity index (χ0v) is 12.9. The number of halogens is 1. The minimum absolute atomic E-state index is 0. The number of carbonyl (C=O) groups excluding carboxylic acids is 2. The van der Waals surface area contributed by atoms with Crippen molar-refractivity contribution in [1.29, 1.82) is 0 Å². The summed E-state index contributed by atoms with van der Waals surface area (Å²) in [6, 6.07) is 7.39. The number of aromatic nitrogens is 2. The Kier molecular flexibility index (Phi) is 7.34. The smallest absolute Gasteiger partial charge is 0.272 e. The Labute approximate surface area is 134 Å². The first-order chi connectivity index (χ1) is 10.2. The molecule has 2 amide bonds. The third kappa shape index (κ3) is 4.71. The maximum Gasteiger partial charge on any atom is 0.272 e. The molecule has 8 heteroatoms. The quantitative estimate of drug-likeness (QED) is 0.557. The van der Waals surface area contributed by atoms with Gasteiger partial charge in [-0.1, -0.05) is 18.2 Å². The van der Waals surface area contributed by atoms with E-state index in [1.165, 1.54) is 0 Å². The van der Waals surface area contributed by atoms with Crippen molar-refractivity contribution in [3.63, 3.8) is 0 Å². The fourth-order valence-electron chi connectivity index (χ4n) is 1.93. The van der Waals surface area contributed by atoms with Crippen LogP contribution in [0.3, 0.4) is 0 Å². The van der Waals surface area contributed by atoms with Gasteiger partial charge >= 0.3 is 0 Å². The number of carbonyl (C=O) groups is 2. The number of rotatable bonds is 7. The lowest BCUT2D eigenvalue weighted by atomic mass is 10.2. The highest BCUT2D eigenvalue weighted by atomic mass is 35.5.